The summed E-state index contributed by atoms with van der Waals surface area (Å²) in [7, 11) is 2.00. The van der Waals surface area contributed by atoms with Crippen molar-refractivity contribution in [1.82, 2.24) is 4.98 Å². The van der Waals surface area contributed by atoms with Crippen LogP contribution in [0.2, 0.25) is 0 Å². The summed E-state index contributed by atoms with van der Waals surface area (Å²) in [5, 5.41) is 0. The van der Waals surface area contributed by atoms with Crippen molar-refractivity contribution in [1.29, 1.82) is 0 Å². The van der Waals surface area contributed by atoms with E-state index < -0.39 is 0 Å². The van der Waals surface area contributed by atoms with E-state index in [1.807, 2.05) is 24.1 Å². The Hall–Kier alpha value is -0.610. The van der Waals surface area contributed by atoms with E-state index in [0.29, 0.717) is 0 Å². The Balaban J connectivity index is 2.69. The Labute approximate surface area is 107 Å². The number of hydrogen-bond acceptors (Lipinski definition) is 3. The maximum Gasteiger partial charge on any atom is 0.141 e. The number of thiocarbonyl (C=S) groups is 1. The SMILES string of the molecule is CCC(C)(C)SC(=S)N(C)c1ccncc1. The lowest BCUT2D eigenvalue weighted by Crippen LogP contribution is -2.27. The van der Waals surface area contributed by atoms with E-state index in [4.69, 9.17) is 12.2 Å². The van der Waals surface area contributed by atoms with E-state index in [9.17, 15) is 0 Å². The largest absolute Gasteiger partial charge is 0.330 e. The van der Waals surface area contributed by atoms with Crippen molar-refractivity contribution < 1.29 is 0 Å². The summed E-state index contributed by atoms with van der Waals surface area (Å²) in [5.41, 5.74) is 1.08. The Bertz CT molecular complexity index is 349. The molecule has 0 saturated carbocycles. The summed E-state index contributed by atoms with van der Waals surface area (Å²) in [6, 6.07) is 3.93. The maximum absolute atomic E-state index is 5.44. The van der Waals surface area contributed by atoms with Crippen molar-refractivity contribution in [2.75, 3.05) is 11.9 Å². The maximum atomic E-state index is 5.44. The second-order valence-corrected chi connectivity index (χ2v) is 6.59. The summed E-state index contributed by atoms with van der Waals surface area (Å²) >= 11 is 7.18. The van der Waals surface area contributed by atoms with Gasteiger partial charge in [0.2, 0.25) is 0 Å². The number of aromatic nitrogens is 1. The Morgan fingerprint density at radius 1 is 1.44 bits per heavy atom. The van der Waals surface area contributed by atoms with Gasteiger partial charge in [0.1, 0.15) is 4.32 Å². The zero-order chi connectivity index (χ0) is 12.2. The van der Waals surface area contributed by atoms with Gasteiger partial charge in [-0.2, -0.15) is 0 Å². The minimum Gasteiger partial charge on any atom is -0.330 e. The predicted molar refractivity (Wildman–Crippen MR) is 77.2 cm³/mol. The van der Waals surface area contributed by atoms with Gasteiger partial charge in [-0.1, -0.05) is 44.8 Å². The first-order valence-corrected chi connectivity index (χ1v) is 6.55. The van der Waals surface area contributed by atoms with Crippen molar-refractivity contribution in [2.24, 2.45) is 0 Å². The molecule has 0 atom stereocenters. The van der Waals surface area contributed by atoms with Crippen molar-refractivity contribution in [3.8, 4) is 0 Å². The molecule has 0 radical (unpaired) electrons. The molecule has 1 rings (SSSR count). The summed E-state index contributed by atoms with van der Waals surface area (Å²) in [6.45, 7) is 6.61. The van der Waals surface area contributed by atoms with Gasteiger partial charge in [0.15, 0.2) is 0 Å². The molecule has 0 aliphatic carbocycles. The molecule has 1 aromatic rings. The van der Waals surface area contributed by atoms with E-state index in [-0.39, 0.29) is 4.75 Å². The summed E-state index contributed by atoms with van der Waals surface area (Å²) in [6.07, 6.45) is 4.66. The topological polar surface area (TPSA) is 16.1 Å². The van der Waals surface area contributed by atoms with Crippen LogP contribution in [-0.4, -0.2) is 21.1 Å². The molecule has 0 aromatic carbocycles. The lowest BCUT2D eigenvalue weighted by atomic mass is 10.1. The number of anilines is 1. The molecule has 0 spiro atoms. The van der Waals surface area contributed by atoms with Crippen LogP contribution in [0.1, 0.15) is 27.2 Å². The fourth-order valence-electron chi connectivity index (χ4n) is 1.05. The van der Waals surface area contributed by atoms with Gasteiger partial charge in [-0.3, -0.25) is 4.98 Å². The van der Waals surface area contributed by atoms with Gasteiger partial charge in [-0.15, -0.1) is 0 Å². The molecule has 88 valence electrons. The summed E-state index contributed by atoms with van der Waals surface area (Å²) in [5.74, 6) is 0. The predicted octanol–water partition coefficient (Wildman–Crippen LogP) is 3.72. The molecule has 0 aliphatic rings. The zero-order valence-electron chi connectivity index (χ0n) is 10.2. The molecule has 0 bridgehead atoms. The third-order valence-corrected chi connectivity index (χ3v) is 4.35. The van der Waals surface area contributed by atoms with Crippen LogP contribution in [0, 0.1) is 0 Å². The van der Waals surface area contributed by atoms with Crippen LogP contribution in [0.5, 0.6) is 0 Å². The van der Waals surface area contributed by atoms with Crippen LogP contribution in [0.4, 0.5) is 5.69 Å². The molecule has 1 aromatic heterocycles. The molecular formula is C12H18N2S2. The van der Waals surface area contributed by atoms with Crippen LogP contribution in [-0.2, 0) is 0 Å². The molecule has 0 amide bonds. The molecule has 0 saturated heterocycles. The third-order valence-electron chi connectivity index (χ3n) is 2.54. The first kappa shape index (κ1) is 13.5. The van der Waals surface area contributed by atoms with Crippen LogP contribution in [0.3, 0.4) is 0 Å². The van der Waals surface area contributed by atoms with Crippen LogP contribution >= 0.6 is 24.0 Å². The average molecular weight is 254 g/mol. The molecular weight excluding hydrogens is 236 g/mol. The molecule has 2 nitrogen and oxygen atoms in total. The first-order chi connectivity index (χ1) is 7.46. The Kier molecular flexibility index (Phi) is 4.74. The van der Waals surface area contributed by atoms with Crippen LogP contribution < -0.4 is 4.90 Å². The number of nitrogens with zero attached hydrogens (tertiary/aromatic N) is 2. The fourth-order valence-corrected chi connectivity index (χ4v) is 2.69. The number of hydrogen-bond donors (Lipinski definition) is 0. The number of rotatable bonds is 3. The summed E-state index contributed by atoms with van der Waals surface area (Å²) < 4.78 is 1.09. The van der Waals surface area contributed by atoms with Gasteiger partial charge in [0.05, 0.1) is 0 Å². The quantitative estimate of drug-likeness (QED) is 0.764. The van der Waals surface area contributed by atoms with Crippen molar-refractivity contribution >= 4 is 34.0 Å². The van der Waals surface area contributed by atoms with Gasteiger partial charge in [0.25, 0.3) is 0 Å². The molecule has 1 heterocycles. The van der Waals surface area contributed by atoms with Gasteiger partial charge in [-0.25, -0.2) is 0 Å². The minimum absolute atomic E-state index is 0.193. The zero-order valence-corrected chi connectivity index (χ0v) is 11.9. The standard InChI is InChI=1S/C12H18N2S2/c1-5-12(2,3)16-11(15)14(4)10-6-8-13-9-7-10/h6-9H,5H2,1-4H3. The van der Waals surface area contributed by atoms with Gasteiger partial charge >= 0.3 is 0 Å². The van der Waals surface area contributed by atoms with Crippen LogP contribution in [0.25, 0.3) is 0 Å². The van der Waals surface area contributed by atoms with E-state index in [1.165, 1.54) is 0 Å². The molecule has 0 aliphatic heterocycles. The number of thioether (sulfide) groups is 1. The molecule has 4 heteroatoms. The Morgan fingerprint density at radius 2 is 2.00 bits per heavy atom. The van der Waals surface area contributed by atoms with Crippen molar-refractivity contribution in [3.63, 3.8) is 0 Å². The van der Waals surface area contributed by atoms with E-state index in [0.717, 1.165) is 16.4 Å². The van der Waals surface area contributed by atoms with Crippen LogP contribution in [0.15, 0.2) is 24.5 Å². The van der Waals surface area contributed by atoms with E-state index in [2.05, 4.69) is 25.8 Å². The fraction of sp³-hybridized carbons (Fsp3) is 0.500. The highest BCUT2D eigenvalue weighted by molar-refractivity contribution is 8.24. The second kappa shape index (κ2) is 5.64. The first-order valence-electron chi connectivity index (χ1n) is 5.33. The molecule has 16 heavy (non-hydrogen) atoms. The smallest absolute Gasteiger partial charge is 0.141 e. The van der Waals surface area contributed by atoms with Gasteiger partial charge in [-0.05, 0) is 18.6 Å². The second-order valence-electron chi connectivity index (χ2n) is 4.25. The van der Waals surface area contributed by atoms with E-state index in [1.54, 1.807) is 24.2 Å². The number of pyridine rings is 1. The highest BCUT2D eigenvalue weighted by atomic mass is 32.2. The van der Waals surface area contributed by atoms with Crippen molar-refractivity contribution in [2.45, 2.75) is 31.9 Å². The Morgan fingerprint density at radius 3 is 2.50 bits per heavy atom. The minimum atomic E-state index is 0.193. The molecule has 0 N–H and O–H groups in total. The van der Waals surface area contributed by atoms with Crippen molar-refractivity contribution in [3.05, 3.63) is 24.5 Å². The highest BCUT2D eigenvalue weighted by Gasteiger charge is 2.20. The highest BCUT2D eigenvalue weighted by Crippen LogP contribution is 2.31. The third kappa shape index (κ3) is 3.76. The summed E-state index contributed by atoms with van der Waals surface area (Å²) in [4.78, 5) is 6.03. The lowest BCUT2D eigenvalue weighted by Gasteiger charge is -2.27. The van der Waals surface area contributed by atoms with Gasteiger partial charge in [0, 0.05) is 29.9 Å². The van der Waals surface area contributed by atoms with E-state index >= 15 is 0 Å². The normalized spacial score (nSPS) is 11.2. The molecule has 0 fully saturated rings. The average Bonchev–Trinajstić information content (AvgIpc) is 2.28. The monoisotopic (exact) mass is 254 g/mol. The molecule has 0 unspecified atom stereocenters. The van der Waals surface area contributed by atoms with Gasteiger partial charge < -0.3 is 4.90 Å². The lowest BCUT2D eigenvalue weighted by molar-refractivity contribution is 0.689.